The van der Waals surface area contributed by atoms with Gasteiger partial charge in [-0.25, -0.2) is 0 Å². The molecule has 1 aliphatic rings. The van der Waals surface area contributed by atoms with Crippen LogP contribution in [0.5, 0.6) is 0 Å². The Kier molecular flexibility index (Phi) is 4.31. The van der Waals surface area contributed by atoms with Gasteiger partial charge in [0, 0.05) is 29.8 Å². The number of nitrogens with zero attached hydrogens (tertiary/aromatic N) is 2. The van der Waals surface area contributed by atoms with Gasteiger partial charge in [-0.3, -0.25) is 15.6 Å². The molecule has 1 fully saturated rings. The first-order valence-corrected chi connectivity index (χ1v) is 7.36. The highest BCUT2D eigenvalue weighted by molar-refractivity contribution is 8.00. The number of anilines is 1. The Morgan fingerprint density at radius 3 is 3.05 bits per heavy atom. The number of hydrogen-bond donors (Lipinski definition) is 2. The molecule has 6 heteroatoms. The van der Waals surface area contributed by atoms with E-state index in [-0.39, 0.29) is 10.7 Å². The van der Waals surface area contributed by atoms with Crippen molar-refractivity contribution in [2.75, 3.05) is 24.3 Å². The highest BCUT2D eigenvalue weighted by Gasteiger charge is 2.27. The topological polar surface area (TPSA) is 71.2 Å². The van der Waals surface area contributed by atoms with E-state index >= 15 is 0 Å². The van der Waals surface area contributed by atoms with Gasteiger partial charge in [0.05, 0.1) is 17.4 Å². The van der Waals surface area contributed by atoms with Gasteiger partial charge in [0.2, 0.25) is 0 Å². The summed E-state index contributed by atoms with van der Waals surface area (Å²) in [6.07, 6.45) is 4.19. The Hall–Kier alpha value is -1.27. The van der Waals surface area contributed by atoms with E-state index in [1.807, 2.05) is 16.7 Å². The largest absolute Gasteiger partial charge is 0.338 e. The number of nitrogens with one attached hydrogen (secondary N) is 1. The predicted molar refractivity (Wildman–Crippen MR) is 79.1 cm³/mol. The molecule has 2 heterocycles. The number of pyridine rings is 1. The van der Waals surface area contributed by atoms with Crippen LogP contribution in [0, 0.1) is 0 Å². The van der Waals surface area contributed by atoms with Crippen LogP contribution in [-0.4, -0.2) is 39.4 Å². The zero-order valence-corrected chi connectivity index (χ0v) is 12.2. The number of nitrogen functional groups attached to an aromatic ring is 1. The van der Waals surface area contributed by atoms with Crippen molar-refractivity contribution >= 4 is 23.4 Å². The smallest absolute Gasteiger partial charge is 0.256 e. The summed E-state index contributed by atoms with van der Waals surface area (Å²) in [5.41, 5.74) is 3.69. The highest BCUT2D eigenvalue weighted by Crippen LogP contribution is 2.31. The van der Waals surface area contributed by atoms with Crippen LogP contribution in [-0.2, 0) is 0 Å². The van der Waals surface area contributed by atoms with Gasteiger partial charge in [-0.2, -0.15) is 11.8 Å². The standard InChI is InChI=1S/C13H20N4OS/c1-13(2)4-6-17(7-8-19-13)12(18)10-3-5-15-9-11(10)16-14/h3,5,9,16H,4,6-8,14H2,1-2H3. The number of nitrogens with two attached hydrogens (primary N) is 1. The lowest BCUT2D eigenvalue weighted by atomic mass is 10.1. The summed E-state index contributed by atoms with van der Waals surface area (Å²) in [4.78, 5) is 18.4. The Balaban J connectivity index is 2.15. The fraction of sp³-hybridized carbons (Fsp3) is 0.538. The van der Waals surface area contributed by atoms with Gasteiger partial charge in [-0.1, -0.05) is 13.8 Å². The molecule has 19 heavy (non-hydrogen) atoms. The van der Waals surface area contributed by atoms with Gasteiger partial charge in [0.15, 0.2) is 0 Å². The number of amides is 1. The lowest BCUT2D eigenvalue weighted by Crippen LogP contribution is -2.34. The van der Waals surface area contributed by atoms with Crippen molar-refractivity contribution < 1.29 is 4.79 Å². The zero-order valence-electron chi connectivity index (χ0n) is 11.3. The molecule has 3 N–H and O–H groups in total. The first-order chi connectivity index (χ1) is 9.03. The molecule has 0 bridgehead atoms. The minimum absolute atomic E-state index is 0.0219. The molecule has 0 aromatic carbocycles. The molecule has 0 spiro atoms. The maximum absolute atomic E-state index is 12.5. The maximum Gasteiger partial charge on any atom is 0.256 e. The quantitative estimate of drug-likeness (QED) is 0.637. The normalized spacial score (nSPS) is 18.8. The summed E-state index contributed by atoms with van der Waals surface area (Å²) >= 11 is 1.92. The minimum Gasteiger partial charge on any atom is -0.338 e. The molecule has 1 aromatic rings. The lowest BCUT2D eigenvalue weighted by molar-refractivity contribution is 0.0765. The van der Waals surface area contributed by atoms with Gasteiger partial charge >= 0.3 is 0 Å². The van der Waals surface area contributed by atoms with Crippen LogP contribution in [0.3, 0.4) is 0 Å². The second-order valence-electron chi connectivity index (χ2n) is 5.22. The molecule has 1 saturated heterocycles. The van der Waals surface area contributed by atoms with Crippen molar-refractivity contribution in [1.29, 1.82) is 0 Å². The average Bonchev–Trinajstić information content (AvgIpc) is 2.59. The SMILES string of the molecule is CC1(C)CCN(C(=O)c2ccncc2NN)CCS1. The van der Waals surface area contributed by atoms with Crippen molar-refractivity contribution in [2.45, 2.75) is 25.0 Å². The number of rotatable bonds is 2. The monoisotopic (exact) mass is 280 g/mol. The summed E-state index contributed by atoms with van der Waals surface area (Å²) in [5.74, 6) is 6.42. The third kappa shape index (κ3) is 3.39. The number of hydrazine groups is 1. The average molecular weight is 280 g/mol. The lowest BCUT2D eigenvalue weighted by Gasteiger charge is -2.23. The van der Waals surface area contributed by atoms with Crippen molar-refractivity contribution in [3.8, 4) is 0 Å². The van der Waals surface area contributed by atoms with Crippen LogP contribution in [0.15, 0.2) is 18.5 Å². The molecule has 0 saturated carbocycles. The summed E-state index contributed by atoms with van der Waals surface area (Å²) in [6.45, 7) is 6.01. The second kappa shape index (κ2) is 5.79. The fourth-order valence-corrected chi connectivity index (χ4v) is 3.19. The molecule has 5 nitrogen and oxygen atoms in total. The molecule has 2 rings (SSSR count). The molecular formula is C13H20N4OS. The summed E-state index contributed by atoms with van der Waals surface area (Å²) in [7, 11) is 0. The van der Waals surface area contributed by atoms with Crippen LogP contribution in [0.2, 0.25) is 0 Å². The molecule has 0 radical (unpaired) electrons. The number of carbonyl (C=O) groups is 1. The van der Waals surface area contributed by atoms with Crippen LogP contribution < -0.4 is 11.3 Å². The van der Waals surface area contributed by atoms with Crippen molar-refractivity contribution in [2.24, 2.45) is 5.84 Å². The van der Waals surface area contributed by atoms with Crippen LogP contribution in [0.4, 0.5) is 5.69 Å². The first kappa shape index (κ1) is 14.1. The summed E-state index contributed by atoms with van der Waals surface area (Å²) in [6, 6.07) is 1.71. The van der Waals surface area contributed by atoms with E-state index < -0.39 is 0 Å². The zero-order chi connectivity index (χ0) is 13.9. The summed E-state index contributed by atoms with van der Waals surface area (Å²) in [5, 5.41) is 0. The van der Waals surface area contributed by atoms with E-state index in [1.54, 1.807) is 18.5 Å². The molecule has 0 aliphatic carbocycles. The van der Waals surface area contributed by atoms with Gasteiger partial charge in [0.1, 0.15) is 0 Å². The fourth-order valence-electron chi connectivity index (χ4n) is 2.09. The maximum atomic E-state index is 12.5. The van der Waals surface area contributed by atoms with E-state index in [4.69, 9.17) is 5.84 Å². The van der Waals surface area contributed by atoms with Crippen molar-refractivity contribution in [3.63, 3.8) is 0 Å². The van der Waals surface area contributed by atoms with Crippen molar-refractivity contribution in [1.82, 2.24) is 9.88 Å². The molecule has 1 aliphatic heterocycles. The van der Waals surface area contributed by atoms with E-state index in [0.29, 0.717) is 11.3 Å². The van der Waals surface area contributed by atoms with Crippen LogP contribution in [0.1, 0.15) is 30.6 Å². The molecule has 0 atom stereocenters. The Labute approximate surface area is 117 Å². The predicted octanol–water partition coefficient (Wildman–Crippen LogP) is 1.72. The Bertz CT molecular complexity index is 464. The number of carbonyl (C=O) groups excluding carboxylic acids is 1. The highest BCUT2D eigenvalue weighted by atomic mass is 32.2. The van der Waals surface area contributed by atoms with Crippen LogP contribution >= 0.6 is 11.8 Å². The van der Waals surface area contributed by atoms with Gasteiger partial charge in [-0.05, 0) is 12.5 Å². The Morgan fingerprint density at radius 2 is 2.32 bits per heavy atom. The number of aromatic nitrogens is 1. The van der Waals surface area contributed by atoms with Gasteiger partial charge in [0.25, 0.3) is 5.91 Å². The number of hydrogen-bond acceptors (Lipinski definition) is 5. The van der Waals surface area contributed by atoms with Crippen molar-refractivity contribution in [3.05, 3.63) is 24.0 Å². The van der Waals surface area contributed by atoms with E-state index in [2.05, 4.69) is 24.3 Å². The van der Waals surface area contributed by atoms with Gasteiger partial charge < -0.3 is 10.3 Å². The third-order valence-electron chi connectivity index (χ3n) is 3.33. The first-order valence-electron chi connectivity index (χ1n) is 6.37. The molecule has 0 unspecified atom stereocenters. The molecule has 1 aromatic heterocycles. The molecule has 104 valence electrons. The van der Waals surface area contributed by atoms with E-state index in [1.165, 1.54) is 0 Å². The molecular weight excluding hydrogens is 260 g/mol. The second-order valence-corrected chi connectivity index (χ2v) is 7.02. The third-order valence-corrected chi connectivity index (χ3v) is 4.70. The minimum atomic E-state index is 0.0219. The van der Waals surface area contributed by atoms with E-state index in [9.17, 15) is 4.79 Å². The van der Waals surface area contributed by atoms with Crippen LogP contribution in [0.25, 0.3) is 0 Å². The number of thioether (sulfide) groups is 1. The van der Waals surface area contributed by atoms with E-state index in [0.717, 1.165) is 25.3 Å². The molecule has 1 amide bonds. The Morgan fingerprint density at radius 1 is 1.53 bits per heavy atom. The van der Waals surface area contributed by atoms with Gasteiger partial charge in [-0.15, -0.1) is 0 Å². The summed E-state index contributed by atoms with van der Waals surface area (Å²) < 4.78 is 0.238.